The number of para-hydroxylation sites is 1. The molecule has 1 fully saturated rings. The lowest BCUT2D eigenvalue weighted by Crippen LogP contribution is -2.46. The molecule has 3 rings (SSSR count). The van der Waals surface area contributed by atoms with Crippen molar-refractivity contribution in [1.82, 2.24) is 10.6 Å². The number of nitrogens with zero attached hydrogens (tertiary/aromatic N) is 1. The Kier molecular flexibility index (Phi) is 7.65. The minimum absolute atomic E-state index is 0. The second kappa shape index (κ2) is 9.50. The Bertz CT molecular complexity index is 583. The van der Waals surface area contributed by atoms with Crippen LogP contribution in [0.3, 0.4) is 0 Å². The highest BCUT2D eigenvalue weighted by atomic mass is 127. The third-order valence-electron chi connectivity index (χ3n) is 5.32. The largest absolute Gasteiger partial charge is 0.490 e. The molecule has 6 heteroatoms. The van der Waals surface area contributed by atoms with Gasteiger partial charge in [0.15, 0.2) is 17.5 Å². The molecule has 140 valence electrons. The molecule has 5 nitrogen and oxygen atoms in total. The highest BCUT2D eigenvalue weighted by molar-refractivity contribution is 14.0. The van der Waals surface area contributed by atoms with Crippen LogP contribution in [0.15, 0.2) is 23.2 Å². The van der Waals surface area contributed by atoms with E-state index in [4.69, 9.17) is 9.47 Å². The first-order valence-electron chi connectivity index (χ1n) is 9.08. The number of aliphatic imine (C=N–C) groups is 1. The van der Waals surface area contributed by atoms with Crippen molar-refractivity contribution in [1.29, 1.82) is 0 Å². The van der Waals surface area contributed by atoms with Crippen LogP contribution in [0.1, 0.15) is 44.6 Å². The number of guanidine groups is 1. The molecule has 25 heavy (non-hydrogen) atoms. The van der Waals surface area contributed by atoms with Gasteiger partial charge in [0.2, 0.25) is 0 Å². The Balaban J connectivity index is 0.00000225. The van der Waals surface area contributed by atoms with Gasteiger partial charge < -0.3 is 20.1 Å². The molecule has 1 aromatic carbocycles. The second-order valence-corrected chi connectivity index (χ2v) is 6.78. The van der Waals surface area contributed by atoms with Crippen molar-refractivity contribution in [2.75, 3.05) is 26.8 Å². The van der Waals surface area contributed by atoms with E-state index in [0.29, 0.717) is 25.2 Å². The van der Waals surface area contributed by atoms with Gasteiger partial charge in [-0.25, -0.2) is 0 Å². The lowest BCUT2D eigenvalue weighted by atomic mass is 9.67. The third kappa shape index (κ3) is 4.92. The summed E-state index contributed by atoms with van der Waals surface area (Å²) < 4.78 is 11.6. The van der Waals surface area contributed by atoms with E-state index in [2.05, 4.69) is 28.6 Å². The van der Waals surface area contributed by atoms with Crippen LogP contribution in [0.25, 0.3) is 0 Å². The summed E-state index contributed by atoms with van der Waals surface area (Å²) in [5.74, 6) is 2.55. The molecule has 0 aromatic heterocycles. The minimum Gasteiger partial charge on any atom is -0.490 e. The second-order valence-electron chi connectivity index (χ2n) is 6.78. The summed E-state index contributed by atoms with van der Waals surface area (Å²) in [4.78, 5) is 4.35. The first kappa shape index (κ1) is 20.1. The first-order valence-corrected chi connectivity index (χ1v) is 9.08. The first-order chi connectivity index (χ1) is 11.8. The molecule has 0 atom stereocenters. The van der Waals surface area contributed by atoms with Crippen LogP contribution in [0.4, 0.5) is 0 Å². The van der Waals surface area contributed by atoms with Gasteiger partial charge in [-0.05, 0) is 30.7 Å². The Hall–Kier alpha value is -1.18. The van der Waals surface area contributed by atoms with Crippen molar-refractivity contribution in [3.8, 4) is 11.5 Å². The predicted octanol–water partition coefficient (Wildman–Crippen LogP) is 3.71. The number of hydrogen-bond donors (Lipinski definition) is 2. The lowest BCUT2D eigenvalue weighted by Gasteiger charge is -2.41. The average Bonchev–Trinajstić information content (AvgIpc) is 2.82. The molecule has 1 heterocycles. The van der Waals surface area contributed by atoms with Gasteiger partial charge in [0.25, 0.3) is 0 Å². The Morgan fingerprint density at radius 3 is 2.64 bits per heavy atom. The maximum atomic E-state index is 5.88. The van der Waals surface area contributed by atoms with Crippen LogP contribution < -0.4 is 20.1 Å². The highest BCUT2D eigenvalue weighted by Crippen LogP contribution is 2.43. The van der Waals surface area contributed by atoms with Crippen molar-refractivity contribution in [2.45, 2.75) is 45.6 Å². The summed E-state index contributed by atoms with van der Waals surface area (Å²) >= 11 is 0. The van der Waals surface area contributed by atoms with Crippen LogP contribution in [0.2, 0.25) is 0 Å². The fourth-order valence-electron chi connectivity index (χ4n) is 3.40. The maximum absolute atomic E-state index is 5.88. The zero-order valence-electron chi connectivity index (χ0n) is 15.3. The van der Waals surface area contributed by atoms with E-state index < -0.39 is 0 Å². The molecular formula is C19H30IN3O2. The molecule has 0 radical (unpaired) electrons. The van der Waals surface area contributed by atoms with Crippen LogP contribution in [-0.2, 0) is 6.54 Å². The van der Waals surface area contributed by atoms with Gasteiger partial charge in [0.1, 0.15) is 0 Å². The summed E-state index contributed by atoms with van der Waals surface area (Å²) in [6.07, 6.45) is 6.16. The molecule has 2 N–H and O–H groups in total. The summed E-state index contributed by atoms with van der Waals surface area (Å²) in [5, 5.41) is 6.90. The molecule has 0 spiro atoms. The minimum atomic E-state index is 0. The highest BCUT2D eigenvalue weighted by Gasteiger charge is 2.34. The summed E-state index contributed by atoms with van der Waals surface area (Å²) in [5.41, 5.74) is 1.57. The van der Waals surface area contributed by atoms with Crippen molar-refractivity contribution in [2.24, 2.45) is 10.4 Å². The van der Waals surface area contributed by atoms with Crippen LogP contribution in [0.5, 0.6) is 11.5 Å². The van der Waals surface area contributed by atoms with Crippen LogP contribution >= 0.6 is 24.0 Å². The number of rotatable bonds is 5. The monoisotopic (exact) mass is 459 g/mol. The molecule has 1 saturated carbocycles. The lowest BCUT2D eigenvalue weighted by molar-refractivity contribution is 0.131. The normalized spacial score (nSPS) is 18.4. The van der Waals surface area contributed by atoms with E-state index in [1.165, 1.54) is 25.7 Å². The molecule has 2 aliphatic rings. The van der Waals surface area contributed by atoms with Crippen molar-refractivity contribution < 1.29 is 9.47 Å². The van der Waals surface area contributed by atoms with Gasteiger partial charge in [0, 0.05) is 32.1 Å². The van der Waals surface area contributed by atoms with E-state index in [-0.39, 0.29) is 24.0 Å². The summed E-state index contributed by atoms with van der Waals surface area (Å²) in [6, 6.07) is 6.06. The van der Waals surface area contributed by atoms with Crippen molar-refractivity contribution in [3.05, 3.63) is 23.8 Å². The molecule has 1 aliphatic carbocycles. The van der Waals surface area contributed by atoms with Gasteiger partial charge in [-0.15, -0.1) is 24.0 Å². The van der Waals surface area contributed by atoms with Gasteiger partial charge >= 0.3 is 0 Å². The SMILES string of the molecule is CCC1(CNC(=NC)NCc2cccc3c2OCCCO3)CCC1.I. The summed E-state index contributed by atoms with van der Waals surface area (Å²) in [7, 11) is 1.82. The molecule has 0 amide bonds. The van der Waals surface area contributed by atoms with Crippen LogP contribution in [0, 0.1) is 5.41 Å². The summed E-state index contributed by atoms with van der Waals surface area (Å²) in [6.45, 7) is 5.37. The molecule has 0 unspecified atom stereocenters. The maximum Gasteiger partial charge on any atom is 0.191 e. The average molecular weight is 459 g/mol. The van der Waals surface area contributed by atoms with E-state index in [1.807, 2.05) is 19.2 Å². The Morgan fingerprint density at radius 1 is 1.16 bits per heavy atom. The molecule has 0 bridgehead atoms. The number of halogens is 1. The van der Waals surface area contributed by atoms with Crippen LogP contribution in [-0.4, -0.2) is 32.8 Å². The fourth-order valence-corrected chi connectivity index (χ4v) is 3.40. The number of nitrogens with one attached hydrogen (secondary N) is 2. The van der Waals surface area contributed by atoms with Crippen molar-refractivity contribution >= 4 is 29.9 Å². The predicted molar refractivity (Wildman–Crippen MR) is 112 cm³/mol. The van der Waals surface area contributed by atoms with E-state index >= 15 is 0 Å². The van der Waals surface area contributed by atoms with Gasteiger partial charge in [-0.1, -0.05) is 25.5 Å². The van der Waals surface area contributed by atoms with Crippen molar-refractivity contribution in [3.63, 3.8) is 0 Å². The fraction of sp³-hybridized carbons (Fsp3) is 0.632. The Morgan fingerprint density at radius 2 is 1.96 bits per heavy atom. The molecule has 0 saturated heterocycles. The molecule has 1 aromatic rings. The molecule has 1 aliphatic heterocycles. The van der Waals surface area contributed by atoms with E-state index in [0.717, 1.165) is 36.0 Å². The molecular weight excluding hydrogens is 429 g/mol. The topological polar surface area (TPSA) is 54.9 Å². The van der Waals surface area contributed by atoms with Gasteiger partial charge in [-0.2, -0.15) is 0 Å². The number of ether oxygens (including phenoxy) is 2. The van der Waals surface area contributed by atoms with Gasteiger partial charge in [-0.3, -0.25) is 4.99 Å². The van der Waals surface area contributed by atoms with Gasteiger partial charge in [0.05, 0.1) is 13.2 Å². The Labute approximate surface area is 168 Å². The standard InChI is InChI=1S/C19H29N3O2.HI/c1-3-19(9-5-10-19)14-22-18(20-2)21-13-15-7-4-8-16-17(15)24-12-6-11-23-16;/h4,7-8H,3,5-6,9-14H2,1-2H3,(H2,20,21,22);1H. The van der Waals surface area contributed by atoms with E-state index in [1.54, 1.807) is 0 Å². The zero-order chi connectivity index (χ0) is 16.8. The third-order valence-corrected chi connectivity index (χ3v) is 5.32. The number of hydrogen-bond acceptors (Lipinski definition) is 3. The smallest absolute Gasteiger partial charge is 0.191 e. The number of benzene rings is 1. The van der Waals surface area contributed by atoms with E-state index in [9.17, 15) is 0 Å². The number of fused-ring (bicyclic) bond motifs is 1. The zero-order valence-corrected chi connectivity index (χ0v) is 17.6. The quantitative estimate of drug-likeness (QED) is 0.401.